The molecule has 0 unspecified atom stereocenters. The van der Waals surface area contributed by atoms with E-state index in [9.17, 15) is 13.2 Å². The summed E-state index contributed by atoms with van der Waals surface area (Å²) in [5.41, 5.74) is 3.44. The first-order valence-electron chi connectivity index (χ1n) is 8.51. The van der Waals surface area contributed by atoms with Crippen LogP contribution in [-0.4, -0.2) is 31.0 Å². The molecule has 0 radical (unpaired) electrons. The number of rotatable bonds is 4. The van der Waals surface area contributed by atoms with Crippen LogP contribution >= 0.6 is 0 Å². The van der Waals surface area contributed by atoms with Crippen molar-refractivity contribution in [3.05, 3.63) is 65.2 Å². The van der Waals surface area contributed by atoms with Crippen molar-refractivity contribution in [3.8, 4) is 0 Å². The third kappa shape index (κ3) is 3.39. The van der Waals surface area contributed by atoms with Crippen molar-refractivity contribution in [1.82, 2.24) is 4.90 Å². The lowest BCUT2D eigenvalue weighted by Gasteiger charge is -2.29. The molecule has 0 aromatic heterocycles. The molecule has 0 atom stereocenters. The van der Waals surface area contributed by atoms with Gasteiger partial charge in [0, 0.05) is 24.3 Å². The average Bonchev–Trinajstić information content (AvgIpc) is 3.47. The van der Waals surface area contributed by atoms with Gasteiger partial charge >= 0.3 is 0 Å². The number of hydrogen-bond acceptors (Lipinski definition) is 3. The molecule has 1 fully saturated rings. The lowest BCUT2D eigenvalue weighted by molar-refractivity contribution is 0.0734. The number of hydrogen-bond donors (Lipinski definition) is 1. The number of nitrogens with zero attached hydrogens (tertiary/aromatic N) is 1. The van der Waals surface area contributed by atoms with E-state index in [2.05, 4.69) is 4.72 Å². The van der Waals surface area contributed by atoms with Crippen molar-refractivity contribution in [2.24, 2.45) is 0 Å². The predicted octanol–water partition coefficient (Wildman–Crippen LogP) is 2.79. The topological polar surface area (TPSA) is 66.5 Å². The van der Waals surface area contributed by atoms with E-state index in [0.29, 0.717) is 24.3 Å². The molecule has 130 valence electrons. The van der Waals surface area contributed by atoms with Gasteiger partial charge in [0.1, 0.15) is 0 Å². The largest absolute Gasteiger partial charge is 0.334 e. The van der Waals surface area contributed by atoms with Gasteiger partial charge in [-0.1, -0.05) is 24.3 Å². The second-order valence-corrected chi connectivity index (χ2v) is 8.63. The fraction of sp³-hybridized carbons (Fsp3) is 0.316. The average molecular weight is 356 g/mol. The molecular formula is C19H20N2O3S. The van der Waals surface area contributed by atoms with E-state index >= 15 is 0 Å². The zero-order valence-corrected chi connectivity index (χ0v) is 14.6. The van der Waals surface area contributed by atoms with Gasteiger partial charge in [0.25, 0.3) is 5.91 Å². The number of sulfonamides is 1. The van der Waals surface area contributed by atoms with Crippen LogP contribution in [0, 0.1) is 0 Å². The molecule has 1 amide bonds. The second-order valence-electron chi connectivity index (χ2n) is 6.67. The quantitative estimate of drug-likeness (QED) is 0.916. The van der Waals surface area contributed by atoms with E-state index < -0.39 is 10.0 Å². The summed E-state index contributed by atoms with van der Waals surface area (Å²) in [5, 5.41) is -0.250. The molecule has 1 saturated carbocycles. The third-order valence-electron chi connectivity index (χ3n) is 4.75. The predicted molar refractivity (Wildman–Crippen MR) is 96.9 cm³/mol. The molecule has 0 spiro atoms. The lowest BCUT2D eigenvalue weighted by atomic mass is 9.98. The Bertz CT molecular complexity index is 906. The van der Waals surface area contributed by atoms with E-state index in [1.165, 1.54) is 5.56 Å². The van der Waals surface area contributed by atoms with Crippen LogP contribution in [0.15, 0.2) is 48.5 Å². The molecule has 4 rings (SSSR count). The van der Waals surface area contributed by atoms with Crippen LogP contribution in [-0.2, 0) is 23.0 Å². The Kier molecular flexibility index (Phi) is 4.00. The first kappa shape index (κ1) is 16.1. The van der Waals surface area contributed by atoms with Crippen LogP contribution in [0.5, 0.6) is 0 Å². The van der Waals surface area contributed by atoms with Crippen molar-refractivity contribution in [3.63, 3.8) is 0 Å². The van der Waals surface area contributed by atoms with E-state index in [4.69, 9.17) is 0 Å². The molecule has 25 heavy (non-hydrogen) atoms. The van der Waals surface area contributed by atoms with Gasteiger partial charge < -0.3 is 4.90 Å². The highest BCUT2D eigenvalue weighted by atomic mass is 32.2. The van der Waals surface area contributed by atoms with Gasteiger partial charge in [0.05, 0.1) is 5.25 Å². The summed E-state index contributed by atoms with van der Waals surface area (Å²) in [4.78, 5) is 14.5. The van der Waals surface area contributed by atoms with Crippen molar-refractivity contribution in [2.45, 2.75) is 31.1 Å². The summed E-state index contributed by atoms with van der Waals surface area (Å²) in [7, 11) is -3.27. The maximum atomic E-state index is 12.6. The van der Waals surface area contributed by atoms with Gasteiger partial charge in [0.15, 0.2) is 0 Å². The monoisotopic (exact) mass is 356 g/mol. The molecule has 0 saturated heterocycles. The van der Waals surface area contributed by atoms with Gasteiger partial charge in [-0.15, -0.1) is 0 Å². The van der Waals surface area contributed by atoms with E-state index in [-0.39, 0.29) is 11.2 Å². The second kappa shape index (κ2) is 6.19. The highest BCUT2D eigenvalue weighted by molar-refractivity contribution is 7.93. The number of carbonyl (C=O) groups is 1. The lowest BCUT2D eigenvalue weighted by Crippen LogP contribution is -2.36. The third-order valence-corrected chi connectivity index (χ3v) is 6.62. The first-order valence-corrected chi connectivity index (χ1v) is 10.1. The summed E-state index contributed by atoms with van der Waals surface area (Å²) < 4.78 is 26.9. The fourth-order valence-corrected chi connectivity index (χ4v) is 4.56. The molecule has 1 aliphatic carbocycles. The van der Waals surface area contributed by atoms with Gasteiger partial charge in [0.2, 0.25) is 10.0 Å². The zero-order chi connectivity index (χ0) is 17.4. The molecule has 1 aliphatic heterocycles. The van der Waals surface area contributed by atoms with Gasteiger partial charge in [-0.05, 0) is 54.7 Å². The summed E-state index contributed by atoms with van der Waals surface area (Å²) in [6.45, 7) is 1.18. The van der Waals surface area contributed by atoms with Crippen LogP contribution in [0.2, 0.25) is 0 Å². The summed E-state index contributed by atoms with van der Waals surface area (Å²) >= 11 is 0. The Morgan fingerprint density at radius 2 is 1.80 bits per heavy atom. The van der Waals surface area contributed by atoms with Crippen molar-refractivity contribution >= 4 is 21.6 Å². The molecule has 1 N–H and O–H groups in total. The molecule has 2 aromatic carbocycles. The first-order chi connectivity index (χ1) is 12.0. The number of carbonyl (C=O) groups excluding carboxylic acids is 1. The molecule has 0 bridgehead atoms. The van der Waals surface area contributed by atoms with E-state index in [1.807, 2.05) is 53.4 Å². The minimum Gasteiger partial charge on any atom is -0.334 e. The Balaban J connectivity index is 1.53. The molecule has 6 heteroatoms. The number of nitrogens with one attached hydrogen (secondary N) is 1. The normalized spacial score (nSPS) is 17.0. The van der Waals surface area contributed by atoms with Crippen LogP contribution < -0.4 is 4.72 Å². The van der Waals surface area contributed by atoms with E-state index in [1.54, 1.807) is 0 Å². The van der Waals surface area contributed by atoms with Crippen LogP contribution in [0.3, 0.4) is 0 Å². The Morgan fingerprint density at radius 1 is 1.04 bits per heavy atom. The number of anilines is 1. The van der Waals surface area contributed by atoms with Gasteiger partial charge in [-0.3, -0.25) is 9.52 Å². The van der Waals surface area contributed by atoms with Crippen LogP contribution in [0.4, 0.5) is 5.69 Å². The zero-order valence-electron chi connectivity index (χ0n) is 13.8. The summed E-state index contributed by atoms with van der Waals surface area (Å²) in [5.74, 6) is 0.00946. The highest BCUT2D eigenvalue weighted by Gasteiger charge is 2.35. The standard InChI is InChI=1S/C19H20N2O3S/c22-19(15-4-2-1-3-5-15)21-11-10-14-6-7-17(12-16(14)13-21)20-25(23,24)18-8-9-18/h1-7,12,18,20H,8-11,13H2. The Labute approximate surface area is 147 Å². The smallest absolute Gasteiger partial charge is 0.254 e. The van der Waals surface area contributed by atoms with Crippen LogP contribution in [0.25, 0.3) is 0 Å². The molecule has 2 aromatic rings. The van der Waals surface area contributed by atoms with Crippen molar-refractivity contribution in [2.75, 3.05) is 11.3 Å². The van der Waals surface area contributed by atoms with Crippen molar-refractivity contribution in [1.29, 1.82) is 0 Å². The van der Waals surface area contributed by atoms with E-state index in [0.717, 1.165) is 24.8 Å². The van der Waals surface area contributed by atoms with Crippen molar-refractivity contribution < 1.29 is 13.2 Å². The maximum Gasteiger partial charge on any atom is 0.254 e. The summed E-state index contributed by atoms with van der Waals surface area (Å²) in [6.07, 6.45) is 2.25. The molecule has 2 aliphatic rings. The number of fused-ring (bicyclic) bond motifs is 1. The Hall–Kier alpha value is -2.34. The Morgan fingerprint density at radius 3 is 2.52 bits per heavy atom. The summed E-state index contributed by atoms with van der Waals surface area (Å²) in [6, 6.07) is 14.9. The van der Waals surface area contributed by atoms with Gasteiger partial charge in [-0.25, -0.2) is 8.42 Å². The number of benzene rings is 2. The van der Waals surface area contributed by atoms with Crippen LogP contribution in [0.1, 0.15) is 34.3 Å². The highest BCUT2D eigenvalue weighted by Crippen LogP contribution is 2.31. The minimum atomic E-state index is -3.27. The maximum absolute atomic E-state index is 12.6. The molecule has 1 heterocycles. The molecule has 5 nitrogen and oxygen atoms in total. The van der Waals surface area contributed by atoms with Gasteiger partial charge in [-0.2, -0.15) is 0 Å². The minimum absolute atomic E-state index is 0.00946. The fourth-order valence-electron chi connectivity index (χ4n) is 3.18. The SMILES string of the molecule is O=C(c1ccccc1)N1CCc2ccc(NS(=O)(=O)C3CC3)cc2C1. The molecular weight excluding hydrogens is 336 g/mol. The number of amides is 1.